The van der Waals surface area contributed by atoms with Crippen molar-refractivity contribution in [2.45, 2.75) is 24.5 Å². The van der Waals surface area contributed by atoms with Crippen LogP contribution in [0.4, 0.5) is 5.69 Å². The van der Waals surface area contributed by atoms with Gasteiger partial charge in [-0.3, -0.25) is 10.2 Å². The third kappa shape index (κ3) is 5.60. The monoisotopic (exact) mass is 564 g/mol. The van der Waals surface area contributed by atoms with E-state index in [0.29, 0.717) is 35.6 Å². The molecule has 0 saturated carbocycles. The van der Waals surface area contributed by atoms with Crippen molar-refractivity contribution in [1.82, 2.24) is 5.43 Å². The maximum absolute atomic E-state index is 13.5. The van der Waals surface area contributed by atoms with Crippen LogP contribution in [0.5, 0.6) is 5.75 Å². The number of ether oxygens (including phenoxy) is 2. The van der Waals surface area contributed by atoms with Crippen LogP contribution < -0.4 is 16.0 Å². The molecule has 0 bridgehead atoms. The normalized spacial score (nSPS) is 18.4. The molecule has 1 amide bonds. The summed E-state index contributed by atoms with van der Waals surface area (Å²) in [5, 5.41) is 12.8. The quantitative estimate of drug-likeness (QED) is 0.0621. The number of aliphatic hydroxyl groups excluding tert-OH is 1. The third-order valence-electron chi connectivity index (χ3n) is 5.95. The number of hydrogen-bond acceptors (Lipinski definition) is 7. The van der Waals surface area contributed by atoms with Crippen molar-refractivity contribution in [3.8, 4) is 5.75 Å². The van der Waals surface area contributed by atoms with E-state index in [-0.39, 0.29) is 18.9 Å². The van der Waals surface area contributed by atoms with E-state index in [1.54, 1.807) is 48.5 Å². The molecule has 10 nitrogen and oxygen atoms in total. The Morgan fingerprint density at radius 2 is 1.92 bits per heavy atom. The number of amides is 1. The molecule has 1 aliphatic rings. The molecule has 0 aliphatic carbocycles. The number of rotatable bonds is 10. The smallest absolute Gasteiger partial charge is 0.266 e. The third-order valence-corrected chi connectivity index (χ3v) is 6.72. The van der Waals surface area contributed by atoms with Gasteiger partial charge in [-0.15, -0.1) is 0 Å². The van der Waals surface area contributed by atoms with E-state index in [4.69, 9.17) is 30.9 Å². The van der Waals surface area contributed by atoms with E-state index < -0.39 is 17.6 Å². The number of carbonyl (C=O) groups excluding carboxylic acids is 1. The molecule has 11 heteroatoms. The van der Waals surface area contributed by atoms with Crippen molar-refractivity contribution >= 4 is 33.4 Å². The van der Waals surface area contributed by atoms with Crippen molar-refractivity contribution in [3.63, 3.8) is 0 Å². The zero-order valence-electron chi connectivity index (χ0n) is 19.8. The zero-order valence-corrected chi connectivity index (χ0v) is 21.3. The largest absolute Gasteiger partial charge is 0.494 e. The number of aliphatic imine (C=N–C) groups is 1. The first-order chi connectivity index (χ1) is 18.0. The summed E-state index contributed by atoms with van der Waals surface area (Å²) >= 11 is 3.56. The number of benzene rings is 3. The van der Waals surface area contributed by atoms with Gasteiger partial charge in [-0.25, -0.2) is 10.8 Å². The predicted molar refractivity (Wildman–Crippen MR) is 142 cm³/mol. The lowest BCUT2D eigenvalue weighted by Crippen LogP contribution is -2.52. The fourth-order valence-corrected chi connectivity index (χ4v) is 4.59. The molecular weight excluding hydrogens is 540 g/mol. The number of nitrogens with zero attached hydrogens (tertiary/aromatic N) is 4. The lowest BCUT2D eigenvalue weighted by Gasteiger charge is -2.31. The molecule has 190 valence electrons. The highest BCUT2D eigenvalue weighted by Crippen LogP contribution is 2.45. The van der Waals surface area contributed by atoms with Crippen molar-refractivity contribution < 1.29 is 19.4 Å². The van der Waals surface area contributed by atoms with Crippen LogP contribution in [0, 0.1) is 0 Å². The Labute approximate surface area is 221 Å². The molecule has 4 rings (SSSR count). The van der Waals surface area contributed by atoms with E-state index >= 15 is 0 Å². The van der Waals surface area contributed by atoms with Crippen LogP contribution in [0.3, 0.4) is 0 Å². The van der Waals surface area contributed by atoms with Gasteiger partial charge in [0.15, 0.2) is 11.6 Å². The van der Waals surface area contributed by atoms with Crippen molar-refractivity contribution in [3.05, 3.63) is 104 Å². The highest BCUT2D eigenvalue weighted by molar-refractivity contribution is 9.10. The number of halogens is 1. The minimum Gasteiger partial charge on any atom is -0.494 e. The van der Waals surface area contributed by atoms with Crippen molar-refractivity contribution in [1.29, 1.82) is 0 Å². The molecule has 0 radical (unpaired) electrons. The van der Waals surface area contributed by atoms with Gasteiger partial charge in [0.2, 0.25) is 5.90 Å². The summed E-state index contributed by atoms with van der Waals surface area (Å²) in [6.07, 6.45) is -0.269. The average Bonchev–Trinajstić information content (AvgIpc) is 3.31. The van der Waals surface area contributed by atoms with Gasteiger partial charge in [0.1, 0.15) is 5.75 Å². The van der Waals surface area contributed by atoms with Gasteiger partial charge in [-0.05, 0) is 41.4 Å². The maximum atomic E-state index is 13.5. The number of hydrazine groups is 1. The van der Waals surface area contributed by atoms with Crippen LogP contribution in [-0.2, 0) is 16.0 Å². The first-order valence-electron chi connectivity index (χ1n) is 11.5. The Hall–Kier alpha value is -3.89. The number of carbonyl (C=O) groups is 1. The molecule has 0 aromatic heterocycles. The Morgan fingerprint density at radius 3 is 2.62 bits per heavy atom. The van der Waals surface area contributed by atoms with Gasteiger partial charge in [0.05, 0.1) is 6.61 Å². The van der Waals surface area contributed by atoms with E-state index in [0.717, 1.165) is 10.0 Å². The highest BCUT2D eigenvalue weighted by Gasteiger charge is 2.54. The number of hydrogen-bond donors (Lipinski definition) is 3. The number of nitrogens with two attached hydrogens (primary N) is 1. The van der Waals surface area contributed by atoms with E-state index in [2.05, 4.69) is 31.4 Å². The molecule has 37 heavy (non-hydrogen) atoms. The number of nitrogens with one attached hydrogen (secondary N) is 1. The maximum Gasteiger partial charge on any atom is 0.266 e. The van der Waals surface area contributed by atoms with Crippen molar-refractivity contribution in [2.75, 3.05) is 13.2 Å². The molecule has 3 aromatic carbocycles. The summed E-state index contributed by atoms with van der Waals surface area (Å²) < 4.78 is 12.8. The molecule has 0 spiro atoms. The Balaban J connectivity index is 1.82. The minimum absolute atomic E-state index is 0.0459. The SMILES string of the molecule is [N-]=[N+]=Nc1ccccc1[C@@H]1OC(c2ccc(OCCCO)cc2)=N[C@]1(Cc1ccccc1Br)C(=O)NN. The van der Waals surface area contributed by atoms with Crippen LogP contribution in [-0.4, -0.2) is 35.7 Å². The second kappa shape index (κ2) is 11.9. The van der Waals surface area contributed by atoms with Crippen LogP contribution in [0.2, 0.25) is 0 Å². The van der Waals surface area contributed by atoms with Crippen molar-refractivity contribution in [2.24, 2.45) is 15.9 Å². The first-order valence-corrected chi connectivity index (χ1v) is 12.3. The highest BCUT2D eigenvalue weighted by atomic mass is 79.9. The second-order valence-electron chi connectivity index (χ2n) is 8.28. The molecule has 1 aliphatic heterocycles. The van der Waals surface area contributed by atoms with E-state index in [1.165, 1.54) is 0 Å². The summed E-state index contributed by atoms with van der Waals surface area (Å²) in [6.45, 7) is 0.432. The molecule has 0 unspecified atom stereocenters. The van der Waals surface area contributed by atoms with E-state index in [1.807, 2.05) is 24.3 Å². The fraction of sp³-hybridized carbons (Fsp3) is 0.231. The van der Waals surface area contributed by atoms with Gasteiger partial charge in [0, 0.05) is 45.6 Å². The lowest BCUT2D eigenvalue weighted by atomic mass is 9.81. The first kappa shape index (κ1) is 26.2. The van der Waals surface area contributed by atoms with Gasteiger partial charge < -0.3 is 14.6 Å². The van der Waals surface area contributed by atoms with Gasteiger partial charge in [0.25, 0.3) is 5.91 Å². The topological polar surface area (TPSA) is 155 Å². The number of azide groups is 1. The summed E-state index contributed by atoms with van der Waals surface area (Å²) in [5.41, 5.74) is 12.2. The van der Waals surface area contributed by atoms with Gasteiger partial charge in [-0.2, -0.15) is 0 Å². The molecule has 1 heterocycles. The average molecular weight is 565 g/mol. The number of aliphatic hydroxyl groups is 1. The zero-order chi connectivity index (χ0) is 26.3. The summed E-state index contributed by atoms with van der Waals surface area (Å²) in [7, 11) is 0. The fourth-order valence-electron chi connectivity index (χ4n) is 4.16. The van der Waals surface area contributed by atoms with Gasteiger partial charge >= 0.3 is 0 Å². The molecule has 3 aromatic rings. The Morgan fingerprint density at radius 1 is 1.19 bits per heavy atom. The Kier molecular flexibility index (Phi) is 8.42. The van der Waals surface area contributed by atoms with Crippen LogP contribution in [0.25, 0.3) is 10.4 Å². The Bertz CT molecular complexity index is 1340. The van der Waals surface area contributed by atoms with Crippen LogP contribution >= 0.6 is 15.9 Å². The summed E-state index contributed by atoms with van der Waals surface area (Å²) in [5.74, 6) is 5.98. The second-order valence-corrected chi connectivity index (χ2v) is 9.13. The standard InChI is InChI=1S/C26H25BrN6O4/c27-21-8-3-1-6-18(21)16-26(25(35)31-28)23(20-7-2-4-9-22(20)32-33-29)37-24(30-26)17-10-12-19(13-11-17)36-15-5-14-34/h1-4,6-13,23,34H,5,14-16,28H2,(H,31,35)/t23-,26-/m0/s1. The summed E-state index contributed by atoms with van der Waals surface area (Å²) in [4.78, 5) is 21.3. The van der Waals surface area contributed by atoms with Crippen LogP contribution in [0.1, 0.15) is 29.2 Å². The summed E-state index contributed by atoms with van der Waals surface area (Å²) in [6, 6.07) is 21.5. The van der Waals surface area contributed by atoms with Crippen LogP contribution in [0.15, 0.2) is 87.4 Å². The molecular formula is C26H25BrN6O4. The van der Waals surface area contributed by atoms with E-state index in [9.17, 15) is 4.79 Å². The molecule has 0 saturated heterocycles. The molecule has 0 fully saturated rings. The lowest BCUT2D eigenvalue weighted by molar-refractivity contribution is -0.129. The molecule has 2 atom stereocenters. The van der Waals surface area contributed by atoms with Gasteiger partial charge in [-0.1, -0.05) is 63.5 Å². The minimum atomic E-state index is -1.51. The molecule has 4 N–H and O–H groups in total. The predicted octanol–water partition coefficient (Wildman–Crippen LogP) is 4.64.